The number of carbonyl (C=O) groups is 1. The molecule has 0 radical (unpaired) electrons. The molecule has 0 bridgehead atoms. The van der Waals surface area contributed by atoms with E-state index < -0.39 is 0 Å². The topological polar surface area (TPSA) is 20.3 Å². The van der Waals surface area contributed by atoms with E-state index in [4.69, 9.17) is 0 Å². The van der Waals surface area contributed by atoms with Crippen LogP contribution in [0.1, 0.15) is 6.42 Å². The summed E-state index contributed by atoms with van der Waals surface area (Å²) in [5.41, 5.74) is 3.31. The Hall–Kier alpha value is -1.74. The second kappa shape index (κ2) is 5.10. The zero-order valence-electron chi connectivity index (χ0n) is 10.5. The molecule has 2 aromatic carbocycles. The minimum Gasteiger partial charge on any atom is -0.311 e. The largest absolute Gasteiger partial charge is 0.311 e. The van der Waals surface area contributed by atoms with Crippen LogP contribution < -0.4 is 4.90 Å². The van der Waals surface area contributed by atoms with Gasteiger partial charge < -0.3 is 4.90 Å². The predicted octanol–water partition coefficient (Wildman–Crippen LogP) is 3.39. The maximum Gasteiger partial charge on any atom is 0.228 e. The fourth-order valence-electron chi connectivity index (χ4n) is 2.40. The van der Waals surface area contributed by atoms with Gasteiger partial charge >= 0.3 is 0 Å². The van der Waals surface area contributed by atoms with E-state index in [0.29, 0.717) is 13.0 Å². The molecule has 19 heavy (non-hydrogen) atoms. The van der Waals surface area contributed by atoms with Crippen molar-refractivity contribution in [3.8, 4) is 11.1 Å². The van der Waals surface area contributed by atoms with Gasteiger partial charge in [-0.2, -0.15) is 12.6 Å². The molecule has 1 unspecified atom stereocenters. The van der Waals surface area contributed by atoms with Gasteiger partial charge in [-0.1, -0.05) is 42.5 Å². The average molecular weight is 269 g/mol. The Kier molecular flexibility index (Phi) is 3.30. The summed E-state index contributed by atoms with van der Waals surface area (Å²) < 4.78 is 0. The lowest BCUT2D eigenvalue weighted by molar-refractivity contribution is -0.117. The number of benzene rings is 2. The van der Waals surface area contributed by atoms with Crippen LogP contribution in [0.4, 0.5) is 5.69 Å². The molecule has 1 amide bonds. The third-order valence-electron chi connectivity index (χ3n) is 3.39. The van der Waals surface area contributed by atoms with E-state index in [1.807, 2.05) is 35.2 Å². The Morgan fingerprint density at radius 3 is 2.16 bits per heavy atom. The van der Waals surface area contributed by atoms with Crippen LogP contribution in [-0.2, 0) is 4.79 Å². The lowest BCUT2D eigenvalue weighted by Crippen LogP contribution is -2.24. The summed E-state index contributed by atoms with van der Waals surface area (Å²) in [6.45, 7) is 0.701. The van der Waals surface area contributed by atoms with Crippen molar-refractivity contribution in [2.45, 2.75) is 11.7 Å². The van der Waals surface area contributed by atoms with Gasteiger partial charge in [0.2, 0.25) is 5.91 Å². The molecule has 1 saturated heterocycles. The van der Waals surface area contributed by atoms with Gasteiger partial charge in [-0.15, -0.1) is 0 Å². The quantitative estimate of drug-likeness (QED) is 0.829. The van der Waals surface area contributed by atoms with Crippen LogP contribution in [0.2, 0.25) is 0 Å². The van der Waals surface area contributed by atoms with Gasteiger partial charge in [0.1, 0.15) is 0 Å². The molecule has 1 fully saturated rings. The predicted molar refractivity (Wildman–Crippen MR) is 81.6 cm³/mol. The Morgan fingerprint density at radius 2 is 1.58 bits per heavy atom. The number of nitrogens with zero attached hydrogens (tertiary/aromatic N) is 1. The van der Waals surface area contributed by atoms with Gasteiger partial charge in [0.15, 0.2) is 0 Å². The summed E-state index contributed by atoms with van der Waals surface area (Å²) in [6, 6.07) is 18.4. The monoisotopic (exact) mass is 269 g/mol. The van der Waals surface area contributed by atoms with Crippen molar-refractivity contribution in [2.75, 3.05) is 11.4 Å². The highest BCUT2D eigenvalue weighted by Crippen LogP contribution is 2.27. The minimum atomic E-state index is 0.154. The van der Waals surface area contributed by atoms with Crippen LogP contribution in [0.15, 0.2) is 54.6 Å². The Labute approximate surface area is 118 Å². The Morgan fingerprint density at radius 1 is 0.947 bits per heavy atom. The molecule has 1 atom stereocenters. The van der Waals surface area contributed by atoms with Gasteiger partial charge in [-0.25, -0.2) is 0 Å². The van der Waals surface area contributed by atoms with E-state index in [-0.39, 0.29) is 11.2 Å². The number of rotatable bonds is 2. The minimum absolute atomic E-state index is 0.154. The molecule has 1 aliphatic heterocycles. The third-order valence-corrected chi connectivity index (χ3v) is 3.74. The van der Waals surface area contributed by atoms with E-state index in [1.54, 1.807) is 0 Å². The van der Waals surface area contributed by atoms with Crippen molar-refractivity contribution in [1.29, 1.82) is 0 Å². The van der Waals surface area contributed by atoms with Crippen molar-refractivity contribution >= 4 is 24.2 Å². The summed E-state index contributed by atoms with van der Waals surface area (Å²) in [5, 5.41) is 0.154. The Bertz CT molecular complexity index is 579. The second-order valence-corrected chi connectivity index (χ2v) is 5.51. The molecular formula is C16H15NOS. The van der Waals surface area contributed by atoms with Crippen LogP contribution in [0, 0.1) is 0 Å². The van der Waals surface area contributed by atoms with E-state index in [1.165, 1.54) is 11.1 Å². The number of anilines is 1. The average Bonchev–Trinajstić information content (AvgIpc) is 2.79. The van der Waals surface area contributed by atoms with Crippen LogP contribution in [-0.4, -0.2) is 17.7 Å². The normalized spacial score (nSPS) is 18.9. The highest BCUT2D eigenvalue weighted by atomic mass is 32.1. The standard InChI is InChI=1S/C16H15NOS/c18-16-10-15(19)11-17(16)14-8-6-13(7-9-14)12-4-2-1-3-5-12/h1-9,15,19H,10-11H2. The fourth-order valence-corrected chi connectivity index (χ4v) is 2.72. The van der Waals surface area contributed by atoms with Crippen molar-refractivity contribution in [3.05, 3.63) is 54.6 Å². The molecule has 3 heteroatoms. The molecule has 2 nitrogen and oxygen atoms in total. The molecule has 1 heterocycles. The smallest absolute Gasteiger partial charge is 0.228 e. The SMILES string of the molecule is O=C1CC(S)CN1c1ccc(-c2ccccc2)cc1. The van der Waals surface area contributed by atoms with E-state index in [2.05, 4.69) is 36.9 Å². The zero-order chi connectivity index (χ0) is 13.2. The lowest BCUT2D eigenvalue weighted by Gasteiger charge is -2.16. The maximum absolute atomic E-state index is 11.8. The van der Waals surface area contributed by atoms with Crippen LogP contribution in [0.5, 0.6) is 0 Å². The first-order valence-electron chi connectivity index (χ1n) is 6.38. The third kappa shape index (κ3) is 2.51. The number of hydrogen-bond acceptors (Lipinski definition) is 2. The first kappa shape index (κ1) is 12.3. The molecule has 0 aromatic heterocycles. The summed E-state index contributed by atoms with van der Waals surface area (Å²) in [6.07, 6.45) is 0.531. The van der Waals surface area contributed by atoms with Crippen molar-refractivity contribution in [3.63, 3.8) is 0 Å². The molecular weight excluding hydrogens is 254 g/mol. The molecule has 2 aromatic rings. The fraction of sp³-hybridized carbons (Fsp3) is 0.188. The number of amides is 1. The molecule has 0 aliphatic carbocycles. The van der Waals surface area contributed by atoms with Crippen molar-refractivity contribution in [1.82, 2.24) is 0 Å². The number of hydrogen-bond donors (Lipinski definition) is 1. The number of thiol groups is 1. The van der Waals surface area contributed by atoms with Gasteiger partial charge in [0.25, 0.3) is 0 Å². The number of carbonyl (C=O) groups excluding carboxylic acids is 1. The summed E-state index contributed by atoms with van der Waals surface area (Å²) >= 11 is 4.38. The molecule has 96 valence electrons. The lowest BCUT2D eigenvalue weighted by atomic mass is 10.1. The molecule has 0 N–H and O–H groups in total. The van der Waals surface area contributed by atoms with E-state index in [0.717, 1.165) is 5.69 Å². The van der Waals surface area contributed by atoms with E-state index in [9.17, 15) is 4.79 Å². The second-order valence-electron chi connectivity index (χ2n) is 4.78. The van der Waals surface area contributed by atoms with Gasteiger partial charge in [-0.3, -0.25) is 4.79 Å². The van der Waals surface area contributed by atoms with Gasteiger partial charge in [0, 0.05) is 23.9 Å². The Balaban J connectivity index is 1.86. The van der Waals surface area contributed by atoms with Gasteiger partial charge in [-0.05, 0) is 23.3 Å². The summed E-state index contributed by atoms with van der Waals surface area (Å²) in [7, 11) is 0. The van der Waals surface area contributed by atoms with E-state index >= 15 is 0 Å². The first-order chi connectivity index (χ1) is 9.24. The zero-order valence-corrected chi connectivity index (χ0v) is 11.4. The summed E-state index contributed by atoms with van der Waals surface area (Å²) in [4.78, 5) is 13.6. The molecule has 3 rings (SSSR count). The van der Waals surface area contributed by atoms with Crippen molar-refractivity contribution in [2.24, 2.45) is 0 Å². The molecule has 0 saturated carbocycles. The van der Waals surface area contributed by atoms with Crippen molar-refractivity contribution < 1.29 is 4.79 Å². The van der Waals surface area contributed by atoms with Crippen LogP contribution in [0.25, 0.3) is 11.1 Å². The molecule has 0 spiro atoms. The van der Waals surface area contributed by atoms with Gasteiger partial charge in [0.05, 0.1) is 0 Å². The maximum atomic E-state index is 11.8. The highest BCUT2D eigenvalue weighted by molar-refractivity contribution is 7.81. The van der Waals surface area contributed by atoms with Crippen LogP contribution >= 0.6 is 12.6 Å². The molecule has 1 aliphatic rings. The summed E-state index contributed by atoms with van der Waals surface area (Å²) in [5.74, 6) is 0.160. The highest BCUT2D eigenvalue weighted by Gasteiger charge is 2.28. The first-order valence-corrected chi connectivity index (χ1v) is 6.89. The van der Waals surface area contributed by atoms with Crippen LogP contribution in [0.3, 0.4) is 0 Å².